The molecule has 0 unspecified atom stereocenters. The van der Waals surface area contributed by atoms with E-state index in [1.54, 1.807) is 42.5 Å². The van der Waals surface area contributed by atoms with Crippen LogP contribution in [0.5, 0.6) is 11.5 Å². The second-order valence-corrected chi connectivity index (χ2v) is 11.2. The molecule has 8 heteroatoms. The number of halogens is 1. The second-order valence-electron chi connectivity index (χ2n) is 11.2. The lowest BCUT2D eigenvalue weighted by Crippen LogP contribution is -2.19. The second kappa shape index (κ2) is 15.8. The van der Waals surface area contributed by atoms with Crippen molar-refractivity contribution in [2.24, 2.45) is 0 Å². The fraction of sp³-hybridized carbons (Fsp3) is 0.205. The van der Waals surface area contributed by atoms with E-state index in [1.807, 2.05) is 12.1 Å². The van der Waals surface area contributed by atoms with Crippen LogP contribution in [-0.2, 0) is 14.3 Å². The first-order valence-electron chi connectivity index (χ1n) is 15.5. The molecule has 0 N–H and O–H groups in total. The molecule has 1 aliphatic carbocycles. The molecule has 0 amide bonds. The van der Waals surface area contributed by atoms with Gasteiger partial charge in [0.1, 0.15) is 17.3 Å². The topological polar surface area (TPSA) is 88.1 Å². The van der Waals surface area contributed by atoms with E-state index < -0.39 is 23.7 Å². The van der Waals surface area contributed by atoms with Gasteiger partial charge in [-0.15, -0.1) is 0 Å². The van der Waals surface area contributed by atoms with Gasteiger partial charge in [-0.05, 0) is 78.1 Å². The fourth-order valence-electron chi connectivity index (χ4n) is 5.27. The highest BCUT2D eigenvalue weighted by atomic mass is 19.1. The highest BCUT2D eigenvalue weighted by molar-refractivity contribution is 5.92. The minimum Gasteiger partial charge on any atom is -0.432 e. The van der Waals surface area contributed by atoms with Crippen LogP contribution in [0.1, 0.15) is 59.2 Å². The SMILES string of the molecule is C=COC(=O)c1ccc(-c2ccc(-c3ccc(OC(=O)c4ccc(OC(=O)C(=C)CCOC5CCCCC5)cc4)cc3F)cc2)cc1. The summed E-state index contributed by atoms with van der Waals surface area (Å²) in [5.74, 6) is -1.99. The highest BCUT2D eigenvalue weighted by Gasteiger charge is 2.17. The number of benzene rings is 4. The molecule has 0 aromatic heterocycles. The van der Waals surface area contributed by atoms with Gasteiger partial charge in [0.05, 0.1) is 30.1 Å². The standard InChI is InChI=1S/C39H35FO7/c1-3-44-38(42)30-15-11-28(12-16-30)27-9-13-29(14-10-27)35-22-21-34(25-36(35)40)47-39(43)31-17-19-33(20-18-31)46-37(41)26(2)23-24-45-32-7-5-4-6-8-32/h3,9-22,25,32H,1-2,4-8,23-24H2. The Bertz CT molecular complexity index is 1740. The third-order valence-corrected chi connectivity index (χ3v) is 7.89. The summed E-state index contributed by atoms with van der Waals surface area (Å²) in [5, 5.41) is 0. The van der Waals surface area contributed by atoms with Gasteiger partial charge in [-0.1, -0.05) is 68.8 Å². The van der Waals surface area contributed by atoms with Gasteiger partial charge in [0.15, 0.2) is 0 Å². The van der Waals surface area contributed by atoms with E-state index in [9.17, 15) is 14.4 Å². The summed E-state index contributed by atoms with van der Waals surface area (Å²) >= 11 is 0. The molecule has 240 valence electrons. The molecule has 1 saturated carbocycles. The number of esters is 3. The Hall–Kier alpha value is -5.34. The first-order chi connectivity index (χ1) is 22.8. The Morgan fingerprint density at radius 3 is 1.94 bits per heavy atom. The average molecular weight is 635 g/mol. The molecule has 0 atom stereocenters. The molecule has 4 aromatic carbocycles. The van der Waals surface area contributed by atoms with Gasteiger partial charge in [0.2, 0.25) is 0 Å². The fourth-order valence-corrected chi connectivity index (χ4v) is 5.27. The van der Waals surface area contributed by atoms with Gasteiger partial charge in [0.25, 0.3) is 0 Å². The summed E-state index contributed by atoms with van der Waals surface area (Å²) in [6.45, 7) is 7.61. The van der Waals surface area contributed by atoms with Crippen LogP contribution >= 0.6 is 0 Å². The van der Waals surface area contributed by atoms with Crippen molar-refractivity contribution < 1.29 is 37.7 Å². The molecule has 0 spiro atoms. The summed E-state index contributed by atoms with van der Waals surface area (Å²) in [5.41, 5.74) is 3.65. The van der Waals surface area contributed by atoms with E-state index in [0.29, 0.717) is 35.3 Å². The Morgan fingerprint density at radius 1 is 0.723 bits per heavy atom. The highest BCUT2D eigenvalue weighted by Crippen LogP contribution is 2.30. The Labute approximate surface area is 273 Å². The molecule has 4 aromatic rings. The van der Waals surface area contributed by atoms with Crippen LogP contribution in [0.3, 0.4) is 0 Å². The van der Waals surface area contributed by atoms with Gasteiger partial charge in [-0.25, -0.2) is 18.8 Å². The maximum Gasteiger partial charge on any atom is 0.343 e. The lowest BCUT2D eigenvalue weighted by molar-refractivity contribution is -0.130. The first-order valence-corrected chi connectivity index (χ1v) is 15.5. The van der Waals surface area contributed by atoms with E-state index in [4.69, 9.17) is 18.9 Å². The van der Waals surface area contributed by atoms with E-state index in [2.05, 4.69) is 13.2 Å². The molecule has 1 aliphatic rings. The summed E-state index contributed by atoms with van der Waals surface area (Å²) in [6.07, 6.45) is 7.42. The van der Waals surface area contributed by atoms with Crippen molar-refractivity contribution in [3.05, 3.63) is 133 Å². The quantitative estimate of drug-likeness (QED) is 0.0666. The number of carbonyl (C=O) groups is 3. The van der Waals surface area contributed by atoms with Crippen LogP contribution in [0.25, 0.3) is 22.3 Å². The molecule has 0 saturated heterocycles. The maximum absolute atomic E-state index is 15.1. The predicted molar refractivity (Wildman–Crippen MR) is 177 cm³/mol. The monoisotopic (exact) mass is 634 g/mol. The molecule has 0 aliphatic heterocycles. The normalized spacial score (nSPS) is 13.0. The van der Waals surface area contributed by atoms with Crippen LogP contribution in [-0.4, -0.2) is 30.6 Å². The maximum atomic E-state index is 15.1. The lowest BCUT2D eigenvalue weighted by atomic mass is 9.98. The summed E-state index contributed by atoms with van der Waals surface area (Å²) in [7, 11) is 0. The molecular formula is C39H35FO7. The van der Waals surface area contributed by atoms with Gasteiger partial charge < -0.3 is 18.9 Å². The zero-order valence-electron chi connectivity index (χ0n) is 25.9. The summed E-state index contributed by atoms with van der Waals surface area (Å²) in [4.78, 5) is 37.0. The van der Waals surface area contributed by atoms with E-state index in [1.165, 1.54) is 49.6 Å². The third kappa shape index (κ3) is 8.89. The summed E-state index contributed by atoms with van der Waals surface area (Å²) in [6, 6.07) is 24.3. The Kier molecular flexibility index (Phi) is 11.1. The van der Waals surface area contributed by atoms with Gasteiger partial charge in [0, 0.05) is 23.6 Å². The van der Waals surface area contributed by atoms with Crippen molar-refractivity contribution in [1.82, 2.24) is 0 Å². The molecule has 0 radical (unpaired) electrons. The molecule has 0 heterocycles. The first kappa shape index (κ1) is 33.0. The van der Waals surface area contributed by atoms with Crippen molar-refractivity contribution in [2.75, 3.05) is 6.61 Å². The van der Waals surface area contributed by atoms with E-state index in [0.717, 1.165) is 36.3 Å². The Balaban J connectivity index is 1.13. The molecule has 7 nitrogen and oxygen atoms in total. The molecule has 47 heavy (non-hydrogen) atoms. The van der Waals surface area contributed by atoms with Gasteiger partial charge in [-0.2, -0.15) is 0 Å². The molecule has 5 rings (SSSR count). The van der Waals surface area contributed by atoms with Crippen LogP contribution < -0.4 is 9.47 Å². The van der Waals surface area contributed by atoms with Crippen LogP contribution in [0.4, 0.5) is 4.39 Å². The van der Waals surface area contributed by atoms with Crippen molar-refractivity contribution in [1.29, 1.82) is 0 Å². The molecular weight excluding hydrogens is 599 g/mol. The van der Waals surface area contributed by atoms with Crippen molar-refractivity contribution in [3.63, 3.8) is 0 Å². The minimum atomic E-state index is -0.688. The van der Waals surface area contributed by atoms with Crippen molar-refractivity contribution in [2.45, 2.75) is 44.6 Å². The lowest BCUT2D eigenvalue weighted by Gasteiger charge is -2.22. The molecule has 1 fully saturated rings. The summed E-state index contributed by atoms with van der Waals surface area (Å²) < 4.78 is 36.5. The average Bonchev–Trinajstić information content (AvgIpc) is 3.09. The zero-order chi connectivity index (χ0) is 33.2. The predicted octanol–water partition coefficient (Wildman–Crippen LogP) is 8.88. The molecule has 0 bridgehead atoms. The van der Waals surface area contributed by atoms with Crippen LogP contribution in [0.2, 0.25) is 0 Å². The number of rotatable bonds is 12. The van der Waals surface area contributed by atoms with Crippen molar-refractivity contribution in [3.8, 4) is 33.8 Å². The van der Waals surface area contributed by atoms with Gasteiger partial charge >= 0.3 is 17.9 Å². The van der Waals surface area contributed by atoms with Crippen LogP contribution in [0.15, 0.2) is 116 Å². The van der Waals surface area contributed by atoms with Crippen LogP contribution in [0, 0.1) is 5.82 Å². The smallest absolute Gasteiger partial charge is 0.343 e. The number of carbonyl (C=O) groups excluding carboxylic acids is 3. The van der Waals surface area contributed by atoms with E-state index in [-0.39, 0.29) is 23.2 Å². The third-order valence-electron chi connectivity index (χ3n) is 7.89. The van der Waals surface area contributed by atoms with Crippen molar-refractivity contribution >= 4 is 17.9 Å². The van der Waals surface area contributed by atoms with E-state index >= 15 is 4.39 Å². The number of hydrogen-bond acceptors (Lipinski definition) is 7. The zero-order valence-corrected chi connectivity index (χ0v) is 25.9. The number of ether oxygens (including phenoxy) is 4. The van der Waals surface area contributed by atoms with Gasteiger partial charge in [-0.3, -0.25) is 0 Å². The number of hydrogen-bond donors (Lipinski definition) is 0. The Morgan fingerprint density at radius 2 is 1.30 bits per heavy atom. The minimum absolute atomic E-state index is 0.0465. The largest absolute Gasteiger partial charge is 0.432 e.